The van der Waals surface area contributed by atoms with E-state index in [4.69, 9.17) is 4.42 Å². The molecule has 0 aliphatic heterocycles. The SMILES string of the molecule is CCCNC(Cc1ccoc1)c1ncccc1C. The monoisotopic (exact) mass is 244 g/mol. The molecule has 0 spiro atoms. The average Bonchev–Trinajstić information content (AvgIpc) is 2.88. The van der Waals surface area contributed by atoms with E-state index in [9.17, 15) is 0 Å². The van der Waals surface area contributed by atoms with E-state index < -0.39 is 0 Å². The van der Waals surface area contributed by atoms with E-state index in [2.05, 4.69) is 30.2 Å². The van der Waals surface area contributed by atoms with Gasteiger partial charge in [0, 0.05) is 6.20 Å². The zero-order valence-corrected chi connectivity index (χ0v) is 11.0. The van der Waals surface area contributed by atoms with Crippen LogP contribution in [0.1, 0.15) is 36.2 Å². The highest BCUT2D eigenvalue weighted by Crippen LogP contribution is 2.19. The second kappa shape index (κ2) is 6.36. The minimum atomic E-state index is 0.253. The molecular weight excluding hydrogens is 224 g/mol. The van der Waals surface area contributed by atoms with Gasteiger partial charge in [-0.2, -0.15) is 0 Å². The normalized spacial score (nSPS) is 12.6. The third kappa shape index (κ3) is 3.20. The molecule has 0 aliphatic carbocycles. The van der Waals surface area contributed by atoms with Crippen LogP contribution in [-0.2, 0) is 6.42 Å². The third-order valence-electron chi connectivity index (χ3n) is 3.04. The first-order chi connectivity index (χ1) is 8.81. The van der Waals surface area contributed by atoms with Gasteiger partial charge < -0.3 is 9.73 Å². The minimum Gasteiger partial charge on any atom is -0.472 e. The van der Waals surface area contributed by atoms with Crippen molar-refractivity contribution in [3.8, 4) is 0 Å². The van der Waals surface area contributed by atoms with E-state index in [1.807, 2.05) is 18.3 Å². The molecule has 0 aliphatic rings. The topological polar surface area (TPSA) is 38.1 Å². The molecule has 3 nitrogen and oxygen atoms in total. The van der Waals surface area contributed by atoms with Crippen molar-refractivity contribution in [2.45, 2.75) is 32.7 Å². The Labute approximate surface area is 108 Å². The summed E-state index contributed by atoms with van der Waals surface area (Å²) in [5.41, 5.74) is 3.57. The van der Waals surface area contributed by atoms with E-state index in [0.29, 0.717) is 0 Å². The van der Waals surface area contributed by atoms with Crippen molar-refractivity contribution in [3.05, 3.63) is 53.7 Å². The summed E-state index contributed by atoms with van der Waals surface area (Å²) < 4.78 is 5.14. The highest BCUT2D eigenvalue weighted by Gasteiger charge is 2.15. The molecule has 0 saturated heterocycles. The zero-order chi connectivity index (χ0) is 12.8. The number of rotatable bonds is 6. The van der Waals surface area contributed by atoms with Crippen LogP contribution in [-0.4, -0.2) is 11.5 Å². The molecule has 2 heterocycles. The predicted molar refractivity (Wildman–Crippen MR) is 72.4 cm³/mol. The van der Waals surface area contributed by atoms with Crippen LogP contribution in [0.15, 0.2) is 41.3 Å². The average molecular weight is 244 g/mol. The van der Waals surface area contributed by atoms with E-state index in [0.717, 1.165) is 25.1 Å². The standard InChI is InChI=1S/C15H20N2O/c1-3-7-16-14(10-13-6-9-18-11-13)15-12(2)5-4-8-17-15/h4-6,8-9,11,14,16H,3,7,10H2,1-2H3. The van der Waals surface area contributed by atoms with Crippen molar-refractivity contribution in [2.75, 3.05) is 6.54 Å². The lowest BCUT2D eigenvalue weighted by atomic mass is 10.0. The Balaban J connectivity index is 2.16. The molecule has 0 fully saturated rings. The van der Waals surface area contributed by atoms with Crippen LogP contribution in [0.4, 0.5) is 0 Å². The molecule has 2 rings (SSSR count). The molecule has 1 atom stereocenters. The minimum absolute atomic E-state index is 0.253. The van der Waals surface area contributed by atoms with Crippen molar-refractivity contribution in [2.24, 2.45) is 0 Å². The molecule has 2 aromatic rings. The van der Waals surface area contributed by atoms with Crippen LogP contribution in [0.2, 0.25) is 0 Å². The largest absolute Gasteiger partial charge is 0.472 e. The Kier molecular flexibility index (Phi) is 4.53. The Bertz CT molecular complexity index is 465. The first-order valence-electron chi connectivity index (χ1n) is 6.47. The predicted octanol–water partition coefficient (Wildman–Crippen LogP) is 3.27. The Morgan fingerprint density at radius 2 is 2.28 bits per heavy atom. The number of hydrogen-bond donors (Lipinski definition) is 1. The van der Waals surface area contributed by atoms with Gasteiger partial charge in [-0.1, -0.05) is 13.0 Å². The molecular formula is C15H20N2O. The molecule has 1 unspecified atom stereocenters. The summed E-state index contributed by atoms with van der Waals surface area (Å²) in [5, 5.41) is 3.56. The fourth-order valence-electron chi connectivity index (χ4n) is 2.09. The van der Waals surface area contributed by atoms with Crippen LogP contribution >= 0.6 is 0 Å². The molecule has 0 saturated carbocycles. The van der Waals surface area contributed by atoms with Crippen molar-refractivity contribution in [3.63, 3.8) is 0 Å². The quantitative estimate of drug-likeness (QED) is 0.847. The van der Waals surface area contributed by atoms with Crippen LogP contribution in [0.5, 0.6) is 0 Å². The molecule has 0 amide bonds. The Hall–Kier alpha value is -1.61. The summed E-state index contributed by atoms with van der Waals surface area (Å²) in [6, 6.07) is 6.36. The van der Waals surface area contributed by atoms with Crippen LogP contribution in [0.25, 0.3) is 0 Å². The highest BCUT2D eigenvalue weighted by atomic mass is 16.3. The molecule has 3 heteroatoms. The van der Waals surface area contributed by atoms with Gasteiger partial charge >= 0.3 is 0 Å². The van der Waals surface area contributed by atoms with Crippen molar-refractivity contribution >= 4 is 0 Å². The second-order valence-electron chi connectivity index (χ2n) is 4.55. The van der Waals surface area contributed by atoms with E-state index >= 15 is 0 Å². The lowest BCUT2D eigenvalue weighted by Gasteiger charge is -2.19. The number of aromatic nitrogens is 1. The van der Waals surface area contributed by atoms with Crippen molar-refractivity contribution in [1.82, 2.24) is 10.3 Å². The van der Waals surface area contributed by atoms with Gasteiger partial charge in [-0.25, -0.2) is 0 Å². The molecule has 0 radical (unpaired) electrons. The Morgan fingerprint density at radius 1 is 1.39 bits per heavy atom. The summed E-state index contributed by atoms with van der Waals surface area (Å²) in [7, 11) is 0. The van der Waals surface area contributed by atoms with Gasteiger partial charge in [0.15, 0.2) is 0 Å². The number of nitrogens with one attached hydrogen (secondary N) is 1. The summed E-state index contributed by atoms with van der Waals surface area (Å²) in [6.07, 6.45) is 7.41. The van der Waals surface area contributed by atoms with Crippen molar-refractivity contribution < 1.29 is 4.42 Å². The molecule has 18 heavy (non-hydrogen) atoms. The first kappa shape index (κ1) is 12.8. The summed E-state index contributed by atoms with van der Waals surface area (Å²) >= 11 is 0. The number of hydrogen-bond acceptors (Lipinski definition) is 3. The maximum atomic E-state index is 5.14. The van der Waals surface area contributed by atoms with Crippen molar-refractivity contribution in [1.29, 1.82) is 0 Å². The first-order valence-corrected chi connectivity index (χ1v) is 6.47. The number of aryl methyl sites for hydroxylation is 1. The number of furan rings is 1. The maximum absolute atomic E-state index is 5.14. The lowest BCUT2D eigenvalue weighted by molar-refractivity contribution is 0.509. The zero-order valence-electron chi connectivity index (χ0n) is 11.0. The fraction of sp³-hybridized carbons (Fsp3) is 0.400. The second-order valence-corrected chi connectivity index (χ2v) is 4.55. The molecule has 1 N–H and O–H groups in total. The summed E-state index contributed by atoms with van der Waals surface area (Å²) in [4.78, 5) is 4.52. The van der Waals surface area contributed by atoms with Gasteiger partial charge in [0.1, 0.15) is 0 Å². The van der Waals surface area contributed by atoms with Gasteiger partial charge in [-0.3, -0.25) is 4.98 Å². The maximum Gasteiger partial charge on any atom is 0.0935 e. The molecule has 2 aromatic heterocycles. The number of pyridine rings is 1. The lowest BCUT2D eigenvalue weighted by Crippen LogP contribution is -2.25. The summed E-state index contributed by atoms with van der Waals surface area (Å²) in [5.74, 6) is 0. The van der Waals surface area contributed by atoms with E-state index in [1.54, 1.807) is 12.5 Å². The molecule has 96 valence electrons. The van der Waals surface area contributed by atoms with Gasteiger partial charge in [-0.05, 0) is 49.6 Å². The highest BCUT2D eigenvalue weighted by molar-refractivity contribution is 5.23. The van der Waals surface area contributed by atoms with Gasteiger partial charge in [0.05, 0.1) is 24.3 Å². The molecule has 0 bridgehead atoms. The van der Waals surface area contributed by atoms with Gasteiger partial charge in [-0.15, -0.1) is 0 Å². The summed E-state index contributed by atoms with van der Waals surface area (Å²) in [6.45, 7) is 5.28. The third-order valence-corrected chi connectivity index (χ3v) is 3.04. The number of nitrogens with zero attached hydrogens (tertiary/aromatic N) is 1. The van der Waals surface area contributed by atoms with Crippen LogP contribution in [0, 0.1) is 6.92 Å². The molecule has 0 aromatic carbocycles. The Morgan fingerprint density at radius 3 is 2.94 bits per heavy atom. The van der Waals surface area contributed by atoms with E-state index in [1.165, 1.54) is 11.1 Å². The smallest absolute Gasteiger partial charge is 0.0935 e. The fourth-order valence-corrected chi connectivity index (χ4v) is 2.09. The van der Waals surface area contributed by atoms with Crippen LogP contribution in [0.3, 0.4) is 0 Å². The van der Waals surface area contributed by atoms with Gasteiger partial charge in [0.25, 0.3) is 0 Å². The van der Waals surface area contributed by atoms with Crippen LogP contribution < -0.4 is 5.32 Å². The van der Waals surface area contributed by atoms with E-state index in [-0.39, 0.29) is 6.04 Å². The van der Waals surface area contributed by atoms with Gasteiger partial charge in [0.2, 0.25) is 0 Å².